The topological polar surface area (TPSA) is 0 Å². The molecule has 0 nitrogen and oxygen atoms in total. The van der Waals surface area contributed by atoms with Crippen molar-refractivity contribution in [3.8, 4) is 0 Å². The zero-order chi connectivity index (χ0) is 11.3. The van der Waals surface area contributed by atoms with Gasteiger partial charge in [0.1, 0.15) is 0 Å². The van der Waals surface area contributed by atoms with Crippen molar-refractivity contribution in [2.24, 2.45) is 0 Å². The highest BCUT2D eigenvalue weighted by Crippen LogP contribution is 2.23. The van der Waals surface area contributed by atoms with Crippen LogP contribution in [-0.2, 0) is 6.42 Å². The van der Waals surface area contributed by atoms with E-state index in [1.807, 2.05) is 18.2 Å². The minimum atomic E-state index is 0.299. The van der Waals surface area contributed by atoms with Crippen LogP contribution < -0.4 is 0 Å². The number of benzene rings is 1. The highest BCUT2D eigenvalue weighted by Gasteiger charge is 2.03. The molecule has 0 radical (unpaired) electrons. The average molecular weight is 266 g/mol. The Morgan fingerprint density at radius 2 is 1.93 bits per heavy atom. The summed E-state index contributed by atoms with van der Waals surface area (Å²) in [4.78, 5) is 0. The minimum absolute atomic E-state index is 0.299. The molecule has 0 amide bonds. The lowest BCUT2D eigenvalue weighted by Crippen LogP contribution is -1.97. The Morgan fingerprint density at radius 3 is 2.53 bits per heavy atom. The van der Waals surface area contributed by atoms with Gasteiger partial charge in [-0.15, -0.1) is 11.6 Å². The Kier molecular flexibility index (Phi) is 5.81. The molecule has 15 heavy (non-hydrogen) atoms. The molecule has 0 N–H and O–H groups in total. The molecule has 84 valence electrons. The van der Waals surface area contributed by atoms with Gasteiger partial charge in [0.15, 0.2) is 0 Å². The van der Waals surface area contributed by atoms with Crippen LogP contribution in [0.4, 0.5) is 0 Å². The summed E-state index contributed by atoms with van der Waals surface area (Å²) in [6.45, 7) is 2.11. The number of hydrogen-bond acceptors (Lipinski definition) is 0. The van der Waals surface area contributed by atoms with Crippen LogP contribution in [0.5, 0.6) is 0 Å². The van der Waals surface area contributed by atoms with E-state index in [-0.39, 0.29) is 0 Å². The first kappa shape index (κ1) is 13.2. The second-order valence-electron chi connectivity index (χ2n) is 3.65. The summed E-state index contributed by atoms with van der Waals surface area (Å²) in [7, 11) is 0. The molecule has 1 rings (SSSR count). The Hall–Kier alpha value is 0.0900. The maximum Gasteiger partial charge on any atom is 0.0595 e. The fourth-order valence-corrected chi connectivity index (χ4v) is 1.90. The van der Waals surface area contributed by atoms with Gasteiger partial charge in [-0.1, -0.05) is 36.2 Å². The van der Waals surface area contributed by atoms with E-state index in [1.165, 1.54) is 5.56 Å². The molecule has 0 aromatic heterocycles. The first-order valence-electron chi connectivity index (χ1n) is 5.21. The van der Waals surface area contributed by atoms with Gasteiger partial charge >= 0.3 is 0 Å². The van der Waals surface area contributed by atoms with Crippen molar-refractivity contribution in [2.45, 2.75) is 38.0 Å². The van der Waals surface area contributed by atoms with Crippen molar-refractivity contribution in [3.63, 3.8) is 0 Å². The molecular weight excluding hydrogens is 250 g/mol. The van der Waals surface area contributed by atoms with Crippen LogP contribution in [0.2, 0.25) is 10.0 Å². The van der Waals surface area contributed by atoms with Crippen molar-refractivity contribution < 1.29 is 0 Å². The second-order valence-corrected chi connectivity index (χ2v) is 5.08. The normalized spacial score (nSPS) is 12.8. The maximum atomic E-state index is 6.04. The summed E-state index contributed by atoms with van der Waals surface area (Å²) in [6.07, 6.45) is 4.20. The molecule has 0 heterocycles. The first-order valence-corrected chi connectivity index (χ1v) is 6.40. The molecule has 0 spiro atoms. The van der Waals surface area contributed by atoms with Gasteiger partial charge in [-0.3, -0.25) is 0 Å². The van der Waals surface area contributed by atoms with Gasteiger partial charge in [0.2, 0.25) is 0 Å². The van der Waals surface area contributed by atoms with Gasteiger partial charge in [-0.05, 0) is 43.4 Å². The lowest BCUT2D eigenvalue weighted by Gasteiger charge is -2.06. The number of rotatable bonds is 5. The van der Waals surface area contributed by atoms with E-state index < -0.39 is 0 Å². The first-order chi connectivity index (χ1) is 7.13. The van der Waals surface area contributed by atoms with E-state index in [9.17, 15) is 0 Å². The molecule has 0 fully saturated rings. The summed E-state index contributed by atoms with van der Waals surface area (Å²) in [5.74, 6) is 0. The quantitative estimate of drug-likeness (QED) is 0.631. The average Bonchev–Trinajstić information content (AvgIpc) is 2.23. The van der Waals surface area contributed by atoms with E-state index in [1.54, 1.807) is 0 Å². The van der Waals surface area contributed by atoms with Gasteiger partial charge in [0, 0.05) is 5.38 Å². The van der Waals surface area contributed by atoms with Crippen LogP contribution in [0, 0.1) is 0 Å². The largest absolute Gasteiger partial charge is 0.123 e. The molecule has 0 bridgehead atoms. The molecule has 0 aliphatic rings. The fourth-order valence-electron chi connectivity index (χ4n) is 1.43. The third-order valence-electron chi connectivity index (χ3n) is 2.41. The third-order valence-corrected chi connectivity index (χ3v) is 3.68. The molecule has 0 saturated heterocycles. The Morgan fingerprint density at radius 1 is 1.20 bits per heavy atom. The van der Waals surface area contributed by atoms with E-state index in [0.717, 1.165) is 25.7 Å². The molecule has 1 unspecified atom stereocenters. The Balaban J connectivity index is 2.41. The van der Waals surface area contributed by atoms with Crippen molar-refractivity contribution in [1.29, 1.82) is 0 Å². The van der Waals surface area contributed by atoms with Crippen LogP contribution in [0.25, 0.3) is 0 Å². The summed E-state index contributed by atoms with van der Waals surface area (Å²) < 4.78 is 0. The number of aryl methyl sites for hydroxylation is 1. The maximum absolute atomic E-state index is 6.04. The van der Waals surface area contributed by atoms with Crippen molar-refractivity contribution >= 4 is 34.8 Å². The number of hydrogen-bond donors (Lipinski definition) is 0. The fraction of sp³-hybridized carbons (Fsp3) is 0.500. The van der Waals surface area contributed by atoms with Crippen LogP contribution in [0.1, 0.15) is 31.7 Å². The highest BCUT2D eigenvalue weighted by molar-refractivity contribution is 6.42. The smallest absolute Gasteiger partial charge is 0.0595 e. The lowest BCUT2D eigenvalue weighted by atomic mass is 10.1. The molecule has 3 heteroatoms. The molecule has 1 aromatic rings. The zero-order valence-corrected chi connectivity index (χ0v) is 11.0. The molecule has 0 aliphatic carbocycles. The zero-order valence-electron chi connectivity index (χ0n) is 8.77. The Bertz CT molecular complexity index is 310. The van der Waals surface area contributed by atoms with Crippen LogP contribution in [0.15, 0.2) is 18.2 Å². The number of halogens is 3. The summed E-state index contributed by atoms with van der Waals surface area (Å²) >= 11 is 17.8. The molecule has 1 aromatic carbocycles. The molecule has 1 atom stereocenters. The summed E-state index contributed by atoms with van der Waals surface area (Å²) in [5.41, 5.74) is 1.23. The number of alkyl halides is 1. The monoisotopic (exact) mass is 264 g/mol. The van der Waals surface area contributed by atoms with E-state index in [4.69, 9.17) is 34.8 Å². The van der Waals surface area contributed by atoms with Gasteiger partial charge < -0.3 is 0 Å². The summed E-state index contributed by atoms with van der Waals surface area (Å²) in [6, 6.07) is 5.79. The minimum Gasteiger partial charge on any atom is -0.123 e. The molecular formula is C12H15Cl3. The third kappa shape index (κ3) is 4.63. The predicted molar refractivity (Wildman–Crippen MR) is 69.3 cm³/mol. The standard InChI is InChI=1S/C12H15Cl3/c1-2-10(13)5-3-4-9-6-7-11(14)12(15)8-9/h6-8,10H,2-5H2,1H3. The predicted octanol–water partition coefficient (Wildman–Crippen LogP) is 5.33. The van der Waals surface area contributed by atoms with Gasteiger partial charge in [-0.25, -0.2) is 0 Å². The van der Waals surface area contributed by atoms with Crippen LogP contribution in [-0.4, -0.2) is 5.38 Å². The lowest BCUT2D eigenvalue weighted by molar-refractivity contribution is 0.675. The SMILES string of the molecule is CCC(Cl)CCCc1ccc(Cl)c(Cl)c1. The van der Waals surface area contributed by atoms with Crippen molar-refractivity contribution in [1.82, 2.24) is 0 Å². The highest BCUT2D eigenvalue weighted by atomic mass is 35.5. The molecule has 0 aliphatic heterocycles. The second kappa shape index (κ2) is 6.62. The van der Waals surface area contributed by atoms with Crippen LogP contribution in [0.3, 0.4) is 0 Å². The van der Waals surface area contributed by atoms with Gasteiger partial charge in [0.25, 0.3) is 0 Å². The summed E-state index contributed by atoms with van der Waals surface area (Å²) in [5, 5.41) is 1.55. The Labute approximate surface area is 107 Å². The van der Waals surface area contributed by atoms with E-state index in [2.05, 4.69) is 6.92 Å². The van der Waals surface area contributed by atoms with Crippen LogP contribution >= 0.6 is 34.8 Å². The van der Waals surface area contributed by atoms with Gasteiger partial charge in [-0.2, -0.15) is 0 Å². The van der Waals surface area contributed by atoms with Gasteiger partial charge in [0.05, 0.1) is 10.0 Å². The van der Waals surface area contributed by atoms with Crippen molar-refractivity contribution in [3.05, 3.63) is 33.8 Å². The van der Waals surface area contributed by atoms with Crippen molar-refractivity contribution in [2.75, 3.05) is 0 Å². The van der Waals surface area contributed by atoms with E-state index in [0.29, 0.717) is 15.4 Å². The van der Waals surface area contributed by atoms with E-state index >= 15 is 0 Å². The molecule has 0 saturated carbocycles.